The highest BCUT2D eigenvalue weighted by atomic mass is 35.5. The lowest BCUT2D eigenvalue weighted by Crippen LogP contribution is -2.44. The second-order valence-corrected chi connectivity index (χ2v) is 11.4. The first kappa shape index (κ1) is 26.0. The van der Waals surface area contributed by atoms with Gasteiger partial charge in [0.2, 0.25) is 10.0 Å². The van der Waals surface area contributed by atoms with Crippen LogP contribution in [0.15, 0.2) is 71.6 Å². The molecule has 1 saturated heterocycles. The van der Waals surface area contributed by atoms with Crippen LogP contribution in [-0.4, -0.2) is 33.5 Å². The number of nitrogens with one attached hydrogen (secondary N) is 1. The van der Waals surface area contributed by atoms with E-state index in [1.165, 1.54) is 22.3 Å². The van der Waals surface area contributed by atoms with Gasteiger partial charge >= 0.3 is 6.36 Å². The van der Waals surface area contributed by atoms with E-state index in [1.54, 1.807) is 0 Å². The molecule has 196 valence electrons. The Labute approximate surface area is 218 Å². The number of ether oxygens (including phenoxy) is 2. The first-order chi connectivity index (χ1) is 17.6. The van der Waals surface area contributed by atoms with Gasteiger partial charge < -0.3 is 9.47 Å². The Morgan fingerprint density at radius 2 is 1.57 bits per heavy atom. The van der Waals surface area contributed by atoms with E-state index in [2.05, 4.69) is 33.7 Å². The Bertz CT molecular complexity index is 1350. The molecule has 3 aromatic rings. The van der Waals surface area contributed by atoms with Crippen molar-refractivity contribution in [2.45, 2.75) is 55.0 Å². The molecular weight excluding hydrogens is 527 g/mol. The number of fused-ring (bicyclic) bond motifs is 2. The molecule has 1 N–H and O–H groups in total. The normalized spacial score (nSPS) is 20.5. The summed E-state index contributed by atoms with van der Waals surface area (Å²) >= 11 is 5.88. The summed E-state index contributed by atoms with van der Waals surface area (Å²) in [6.45, 7) is 0.373. The third-order valence-electron chi connectivity index (χ3n) is 6.89. The van der Waals surface area contributed by atoms with Crippen LogP contribution in [0.4, 0.5) is 13.2 Å². The molecule has 0 aromatic heterocycles. The summed E-state index contributed by atoms with van der Waals surface area (Å²) < 4.78 is 76.6. The van der Waals surface area contributed by atoms with E-state index in [1.807, 2.05) is 24.3 Å². The second-order valence-electron chi connectivity index (χ2n) is 9.27. The van der Waals surface area contributed by atoms with Gasteiger partial charge in [0.25, 0.3) is 0 Å². The topological polar surface area (TPSA) is 64.6 Å². The Balaban J connectivity index is 1.39. The van der Waals surface area contributed by atoms with Crippen molar-refractivity contribution in [2.24, 2.45) is 0 Å². The number of hydrogen-bond donors (Lipinski definition) is 1. The third kappa shape index (κ3) is 5.80. The number of alkyl halides is 3. The molecule has 1 fully saturated rings. The molecule has 1 aliphatic heterocycles. The van der Waals surface area contributed by atoms with Crippen molar-refractivity contribution < 1.29 is 31.1 Å². The van der Waals surface area contributed by atoms with Gasteiger partial charge in [0.1, 0.15) is 5.75 Å². The molecule has 0 radical (unpaired) electrons. The third-order valence-corrected chi connectivity index (χ3v) is 8.71. The molecule has 37 heavy (non-hydrogen) atoms. The maximum atomic E-state index is 13.1. The van der Waals surface area contributed by atoms with E-state index in [4.69, 9.17) is 16.3 Å². The minimum atomic E-state index is -4.94. The highest BCUT2D eigenvalue weighted by Gasteiger charge is 2.36. The molecule has 5 rings (SSSR count). The van der Waals surface area contributed by atoms with Gasteiger partial charge in [-0.05, 0) is 66.1 Å². The summed E-state index contributed by atoms with van der Waals surface area (Å²) in [5.41, 5.74) is 4.89. The van der Waals surface area contributed by atoms with Gasteiger partial charge in [0.15, 0.2) is 0 Å². The predicted octanol–water partition coefficient (Wildman–Crippen LogP) is 6.00. The fourth-order valence-corrected chi connectivity index (χ4v) is 6.87. The van der Waals surface area contributed by atoms with Crippen LogP contribution < -0.4 is 9.46 Å². The fourth-order valence-electron chi connectivity index (χ4n) is 5.28. The van der Waals surface area contributed by atoms with E-state index in [-0.39, 0.29) is 16.9 Å². The van der Waals surface area contributed by atoms with Crippen molar-refractivity contribution in [1.29, 1.82) is 0 Å². The molecule has 0 spiro atoms. The molecule has 0 amide bonds. The van der Waals surface area contributed by atoms with Crippen molar-refractivity contribution >= 4 is 21.6 Å². The first-order valence-electron chi connectivity index (χ1n) is 12.0. The number of sulfonamides is 1. The fraction of sp³-hybridized carbons (Fsp3) is 0.333. The van der Waals surface area contributed by atoms with Crippen molar-refractivity contribution in [3.63, 3.8) is 0 Å². The van der Waals surface area contributed by atoms with E-state index in [0.29, 0.717) is 19.4 Å². The number of benzene rings is 3. The van der Waals surface area contributed by atoms with E-state index in [9.17, 15) is 21.6 Å². The average Bonchev–Trinajstić information content (AvgIpc) is 3.01. The lowest BCUT2D eigenvalue weighted by atomic mass is 9.80. The zero-order valence-corrected chi connectivity index (χ0v) is 21.2. The van der Waals surface area contributed by atoms with Crippen molar-refractivity contribution in [3.8, 4) is 5.75 Å². The first-order valence-corrected chi connectivity index (χ1v) is 13.8. The van der Waals surface area contributed by atoms with E-state index >= 15 is 0 Å². The lowest BCUT2D eigenvalue weighted by molar-refractivity contribution is -0.274. The Morgan fingerprint density at radius 3 is 2.16 bits per heavy atom. The van der Waals surface area contributed by atoms with Crippen LogP contribution in [0.25, 0.3) is 0 Å². The molecule has 10 heteroatoms. The zero-order chi connectivity index (χ0) is 26.2. The van der Waals surface area contributed by atoms with Crippen molar-refractivity contribution in [2.75, 3.05) is 6.61 Å². The van der Waals surface area contributed by atoms with Gasteiger partial charge in [0, 0.05) is 18.6 Å². The van der Waals surface area contributed by atoms with Crippen molar-refractivity contribution in [1.82, 2.24) is 4.72 Å². The summed E-state index contributed by atoms with van der Waals surface area (Å²) in [7, 11) is -4.05. The molecule has 1 aliphatic carbocycles. The summed E-state index contributed by atoms with van der Waals surface area (Å²) in [5.74, 6) is -0.708. The summed E-state index contributed by atoms with van der Waals surface area (Å²) in [6.07, 6.45) is -2.45. The van der Waals surface area contributed by atoms with Crippen LogP contribution in [0.5, 0.6) is 5.75 Å². The second kappa shape index (κ2) is 10.3. The van der Waals surface area contributed by atoms with E-state index < -0.39 is 33.2 Å². The van der Waals surface area contributed by atoms with Crippen LogP contribution in [-0.2, 0) is 27.6 Å². The maximum Gasteiger partial charge on any atom is 0.573 e. The van der Waals surface area contributed by atoms with Gasteiger partial charge in [-0.2, -0.15) is 0 Å². The SMILES string of the molecule is O=S(=O)(NC1CCOC(C2c3ccccc3CCc3ccccc32)C1)c1ccc(OC(F)(F)F)c(Cl)c1. The highest BCUT2D eigenvalue weighted by molar-refractivity contribution is 7.89. The summed E-state index contributed by atoms with van der Waals surface area (Å²) in [4.78, 5) is -0.236. The Hall–Kier alpha value is -2.59. The predicted molar refractivity (Wildman–Crippen MR) is 133 cm³/mol. The Kier molecular flexibility index (Phi) is 7.24. The van der Waals surface area contributed by atoms with Gasteiger partial charge in [-0.1, -0.05) is 60.1 Å². The monoisotopic (exact) mass is 551 g/mol. The standard InChI is InChI=1S/C27H25ClF3NO4S/c28-23-16-20(11-12-24(23)36-27(29,30)31)37(33,34)32-19-13-14-35-25(15-19)26-21-7-3-1-5-17(21)9-10-18-6-2-4-8-22(18)26/h1-8,11-12,16,19,25-26,32H,9-10,13-15H2. The maximum absolute atomic E-state index is 13.1. The van der Waals surface area contributed by atoms with Crippen LogP contribution in [0, 0.1) is 0 Å². The van der Waals surface area contributed by atoms with Crippen LogP contribution in [0.3, 0.4) is 0 Å². The van der Waals surface area contributed by atoms with Gasteiger partial charge in [-0.3, -0.25) is 0 Å². The number of hydrogen-bond acceptors (Lipinski definition) is 4. The lowest BCUT2D eigenvalue weighted by Gasteiger charge is -2.36. The van der Waals surface area contributed by atoms with Gasteiger partial charge in [-0.25, -0.2) is 13.1 Å². The average molecular weight is 552 g/mol. The van der Waals surface area contributed by atoms with Crippen LogP contribution >= 0.6 is 11.6 Å². The summed E-state index contributed by atoms with van der Waals surface area (Å²) in [6, 6.07) is 19.1. The van der Waals surface area contributed by atoms with Crippen LogP contribution in [0.1, 0.15) is 41.0 Å². The zero-order valence-electron chi connectivity index (χ0n) is 19.7. The number of aryl methyl sites for hydroxylation is 2. The van der Waals surface area contributed by atoms with Gasteiger partial charge in [0.05, 0.1) is 16.0 Å². The number of halogens is 4. The molecular formula is C27H25ClF3NO4S. The quantitative estimate of drug-likeness (QED) is 0.423. The van der Waals surface area contributed by atoms with Crippen molar-refractivity contribution in [3.05, 3.63) is 94.0 Å². The molecule has 0 saturated carbocycles. The molecule has 2 aliphatic rings. The number of rotatable bonds is 5. The minimum absolute atomic E-state index is 0.0459. The largest absolute Gasteiger partial charge is 0.573 e. The molecule has 2 unspecified atom stereocenters. The summed E-state index contributed by atoms with van der Waals surface area (Å²) in [5, 5.41) is -0.447. The smallest absolute Gasteiger partial charge is 0.404 e. The molecule has 0 bridgehead atoms. The van der Waals surface area contributed by atoms with Gasteiger partial charge in [-0.15, -0.1) is 13.2 Å². The molecule has 1 heterocycles. The van der Waals surface area contributed by atoms with E-state index in [0.717, 1.165) is 31.0 Å². The minimum Gasteiger partial charge on any atom is -0.404 e. The highest BCUT2D eigenvalue weighted by Crippen LogP contribution is 2.40. The van der Waals surface area contributed by atoms with Crippen LogP contribution in [0.2, 0.25) is 5.02 Å². The Morgan fingerprint density at radius 1 is 0.946 bits per heavy atom. The molecule has 3 aromatic carbocycles. The molecule has 2 atom stereocenters. The molecule has 5 nitrogen and oxygen atoms in total.